The molecule has 7 heteroatoms. The van der Waals surface area contributed by atoms with Crippen molar-refractivity contribution in [2.75, 3.05) is 19.6 Å². The van der Waals surface area contributed by atoms with Crippen molar-refractivity contribution in [3.63, 3.8) is 0 Å². The zero-order chi connectivity index (χ0) is 18.8. The first-order valence-corrected chi connectivity index (χ1v) is 9.48. The fraction of sp³-hybridized carbons (Fsp3) is 0.400. The number of carbonyl (C=O) groups is 1. The number of fused-ring (bicyclic) bond motifs is 1. The fourth-order valence-corrected chi connectivity index (χ4v) is 3.76. The van der Waals surface area contributed by atoms with Gasteiger partial charge in [-0.2, -0.15) is 0 Å². The van der Waals surface area contributed by atoms with Crippen LogP contribution in [0.4, 0.5) is 0 Å². The van der Waals surface area contributed by atoms with Crippen molar-refractivity contribution < 1.29 is 4.79 Å². The van der Waals surface area contributed by atoms with E-state index in [2.05, 4.69) is 27.5 Å². The Bertz CT molecular complexity index is 955. The first-order valence-electron chi connectivity index (χ1n) is 9.48. The van der Waals surface area contributed by atoms with Gasteiger partial charge in [-0.1, -0.05) is 18.2 Å². The molecule has 7 nitrogen and oxygen atoms in total. The lowest BCUT2D eigenvalue weighted by molar-refractivity contribution is 0.0685. The minimum absolute atomic E-state index is 0.0346. The second-order valence-corrected chi connectivity index (χ2v) is 6.93. The third-order valence-corrected chi connectivity index (χ3v) is 5.15. The smallest absolute Gasteiger partial charge is 0.276 e. The van der Waals surface area contributed by atoms with Crippen LogP contribution in [-0.2, 0) is 0 Å². The van der Waals surface area contributed by atoms with Gasteiger partial charge < -0.3 is 10.2 Å². The first kappa shape index (κ1) is 17.6. The van der Waals surface area contributed by atoms with E-state index in [1.807, 2.05) is 42.2 Å². The van der Waals surface area contributed by atoms with Crippen LogP contribution >= 0.6 is 0 Å². The second-order valence-electron chi connectivity index (χ2n) is 6.93. The van der Waals surface area contributed by atoms with Crippen molar-refractivity contribution in [1.82, 2.24) is 30.2 Å². The highest BCUT2D eigenvalue weighted by Gasteiger charge is 2.30. The monoisotopic (exact) mass is 364 g/mol. The van der Waals surface area contributed by atoms with Gasteiger partial charge in [-0.3, -0.25) is 9.78 Å². The van der Waals surface area contributed by atoms with Crippen LogP contribution in [0.1, 0.15) is 35.9 Å². The van der Waals surface area contributed by atoms with Gasteiger partial charge in [0.15, 0.2) is 5.69 Å². The first-order chi connectivity index (χ1) is 13.2. The molecule has 1 fully saturated rings. The minimum Gasteiger partial charge on any atom is -0.333 e. The molecule has 0 saturated carbocycles. The number of carbonyl (C=O) groups excluding carboxylic acids is 1. The fourth-order valence-electron chi connectivity index (χ4n) is 3.76. The molecule has 1 aliphatic rings. The van der Waals surface area contributed by atoms with Crippen LogP contribution in [-0.4, -0.2) is 56.5 Å². The molecule has 0 spiro atoms. The molecule has 0 aliphatic carbocycles. The summed E-state index contributed by atoms with van der Waals surface area (Å²) in [5, 5.41) is 12.9. The van der Waals surface area contributed by atoms with Crippen molar-refractivity contribution in [1.29, 1.82) is 0 Å². The van der Waals surface area contributed by atoms with Crippen molar-refractivity contribution in [2.24, 2.45) is 0 Å². The highest BCUT2D eigenvalue weighted by atomic mass is 16.2. The highest BCUT2D eigenvalue weighted by molar-refractivity contribution is 5.94. The Kier molecular flexibility index (Phi) is 4.85. The van der Waals surface area contributed by atoms with E-state index in [0.29, 0.717) is 5.69 Å². The summed E-state index contributed by atoms with van der Waals surface area (Å²) in [6.45, 7) is 6.52. The Balaban J connectivity index is 1.72. The molecule has 1 aromatic carbocycles. The highest BCUT2D eigenvalue weighted by Crippen LogP contribution is 2.23. The van der Waals surface area contributed by atoms with Crippen LogP contribution in [0.15, 0.2) is 36.5 Å². The summed E-state index contributed by atoms with van der Waals surface area (Å²) < 4.78 is 1.74. The standard InChI is InChI=1S/C20H24N6O/c1-3-12-25(15-9-11-21-13-15)20(27)19-14(2)26(24-23-19)18-8-4-7-17-16(18)6-5-10-22-17/h4-8,10,15,21H,3,9,11-13H2,1-2H3. The lowest BCUT2D eigenvalue weighted by Gasteiger charge is -2.27. The molecule has 1 aliphatic heterocycles. The molecule has 1 N–H and O–H groups in total. The number of nitrogens with one attached hydrogen (secondary N) is 1. The summed E-state index contributed by atoms with van der Waals surface area (Å²) >= 11 is 0. The van der Waals surface area contributed by atoms with Crippen LogP contribution in [0.2, 0.25) is 0 Å². The van der Waals surface area contributed by atoms with E-state index in [-0.39, 0.29) is 11.9 Å². The van der Waals surface area contributed by atoms with Gasteiger partial charge in [-0.25, -0.2) is 4.68 Å². The van der Waals surface area contributed by atoms with E-state index < -0.39 is 0 Å². The quantitative estimate of drug-likeness (QED) is 0.752. The second kappa shape index (κ2) is 7.44. The lowest BCUT2D eigenvalue weighted by atomic mass is 10.1. The van der Waals surface area contributed by atoms with Crippen molar-refractivity contribution >= 4 is 16.8 Å². The zero-order valence-electron chi connectivity index (χ0n) is 15.7. The Labute approximate surface area is 158 Å². The number of nitrogens with zero attached hydrogens (tertiary/aromatic N) is 5. The van der Waals surface area contributed by atoms with E-state index in [1.54, 1.807) is 10.9 Å². The summed E-state index contributed by atoms with van der Waals surface area (Å²) in [5.74, 6) is -0.0346. The molecular weight excluding hydrogens is 340 g/mol. The van der Waals surface area contributed by atoms with E-state index in [1.165, 1.54) is 0 Å². The van der Waals surface area contributed by atoms with Crippen LogP contribution in [0.25, 0.3) is 16.6 Å². The van der Waals surface area contributed by atoms with Crippen molar-refractivity contribution in [3.05, 3.63) is 47.9 Å². The topological polar surface area (TPSA) is 75.9 Å². The summed E-state index contributed by atoms with van der Waals surface area (Å²) in [6.07, 6.45) is 3.67. The molecule has 2 aromatic heterocycles. The van der Waals surface area contributed by atoms with Crippen LogP contribution in [0.3, 0.4) is 0 Å². The predicted octanol–water partition coefficient (Wildman–Crippen LogP) is 2.34. The summed E-state index contributed by atoms with van der Waals surface area (Å²) in [5.41, 5.74) is 2.95. The van der Waals surface area contributed by atoms with Gasteiger partial charge in [-0.15, -0.1) is 5.10 Å². The Morgan fingerprint density at radius 3 is 3.00 bits per heavy atom. The Morgan fingerprint density at radius 2 is 2.22 bits per heavy atom. The minimum atomic E-state index is -0.0346. The molecule has 1 unspecified atom stereocenters. The molecule has 27 heavy (non-hydrogen) atoms. The van der Waals surface area contributed by atoms with Gasteiger partial charge in [0, 0.05) is 30.7 Å². The number of rotatable bonds is 5. The largest absolute Gasteiger partial charge is 0.333 e. The maximum absolute atomic E-state index is 13.2. The number of hydrogen-bond acceptors (Lipinski definition) is 5. The third-order valence-electron chi connectivity index (χ3n) is 5.15. The van der Waals surface area contributed by atoms with Gasteiger partial charge in [-0.05, 0) is 50.6 Å². The van der Waals surface area contributed by atoms with Crippen LogP contribution in [0.5, 0.6) is 0 Å². The van der Waals surface area contributed by atoms with Gasteiger partial charge in [0.1, 0.15) is 0 Å². The van der Waals surface area contributed by atoms with Crippen LogP contribution < -0.4 is 5.32 Å². The SMILES string of the molecule is CCCN(C(=O)c1nnn(-c2cccc3ncccc23)c1C)C1CCNC1. The predicted molar refractivity (Wildman–Crippen MR) is 104 cm³/mol. The number of amides is 1. The average molecular weight is 364 g/mol. The summed E-state index contributed by atoms with van der Waals surface area (Å²) in [4.78, 5) is 19.6. The molecule has 0 bridgehead atoms. The average Bonchev–Trinajstić information content (AvgIpc) is 3.35. The lowest BCUT2D eigenvalue weighted by Crippen LogP contribution is -2.42. The van der Waals surface area contributed by atoms with Crippen molar-refractivity contribution in [3.8, 4) is 5.69 Å². The molecule has 1 amide bonds. The normalized spacial score (nSPS) is 16.7. The van der Waals surface area contributed by atoms with Gasteiger partial charge in [0.05, 0.1) is 16.9 Å². The summed E-state index contributed by atoms with van der Waals surface area (Å²) in [6, 6.07) is 10.0. The van der Waals surface area contributed by atoms with Crippen LogP contribution in [0, 0.1) is 6.92 Å². The Hall–Kier alpha value is -2.80. The molecule has 4 rings (SSSR count). The van der Waals surface area contributed by atoms with E-state index in [4.69, 9.17) is 0 Å². The van der Waals surface area contributed by atoms with Crippen molar-refractivity contribution in [2.45, 2.75) is 32.7 Å². The maximum Gasteiger partial charge on any atom is 0.276 e. The van der Waals surface area contributed by atoms with E-state index >= 15 is 0 Å². The molecule has 3 aromatic rings. The molecule has 3 heterocycles. The zero-order valence-corrected chi connectivity index (χ0v) is 15.7. The number of aromatic nitrogens is 4. The van der Waals surface area contributed by atoms with Gasteiger partial charge in [0.25, 0.3) is 5.91 Å². The molecule has 1 saturated heterocycles. The van der Waals surface area contributed by atoms with Gasteiger partial charge in [0.2, 0.25) is 0 Å². The number of benzene rings is 1. The molecular formula is C20H24N6O. The van der Waals surface area contributed by atoms with E-state index in [9.17, 15) is 4.79 Å². The Morgan fingerprint density at radius 1 is 1.33 bits per heavy atom. The number of hydrogen-bond donors (Lipinski definition) is 1. The maximum atomic E-state index is 13.2. The molecule has 0 radical (unpaired) electrons. The van der Waals surface area contributed by atoms with E-state index in [0.717, 1.165) is 54.8 Å². The summed E-state index contributed by atoms with van der Waals surface area (Å²) in [7, 11) is 0. The molecule has 1 atom stereocenters. The third kappa shape index (κ3) is 3.19. The molecule has 140 valence electrons. The number of pyridine rings is 1. The van der Waals surface area contributed by atoms with Gasteiger partial charge >= 0.3 is 0 Å².